The molecule has 138 valence electrons. The van der Waals surface area contributed by atoms with Gasteiger partial charge in [-0.25, -0.2) is 0 Å². The van der Waals surface area contributed by atoms with Crippen LogP contribution < -0.4 is 0 Å². The monoisotopic (exact) mass is 350 g/mol. The molecule has 2 nitrogen and oxygen atoms in total. The Bertz CT molecular complexity index is 392. The number of hydrogen-bond acceptors (Lipinski definition) is 2. The normalized spacial score (nSPS) is 16.6. The Labute approximate surface area is 132 Å². The summed E-state index contributed by atoms with van der Waals surface area (Å²) < 4.78 is 79.4. The lowest BCUT2D eigenvalue weighted by molar-refractivity contribution is -0.316. The Morgan fingerprint density at radius 3 is 1.57 bits per heavy atom. The van der Waals surface area contributed by atoms with Gasteiger partial charge in [0.2, 0.25) is 0 Å². The molecule has 0 saturated carbocycles. The highest BCUT2D eigenvalue weighted by atomic mass is 19.4. The lowest BCUT2D eigenvalue weighted by Gasteiger charge is -2.41. The van der Waals surface area contributed by atoms with Gasteiger partial charge in [0.15, 0.2) is 0 Å². The zero-order chi connectivity index (χ0) is 18.9. The molecule has 0 aromatic heterocycles. The molecule has 23 heavy (non-hydrogen) atoms. The number of alkyl halides is 6. The van der Waals surface area contributed by atoms with Gasteiger partial charge in [-0.05, 0) is 31.1 Å². The Kier molecular flexibility index (Phi) is 6.60. The van der Waals surface area contributed by atoms with E-state index in [0.717, 1.165) is 0 Å². The molecule has 0 bridgehead atoms. The van der Waals surface area contributed by atoms with Crippen molar-refractivity contribution >= 4 is 5.97 Å². The zero-order valence-corrected chi connectivity index (χ0v) is 14.2. The van der Waals surface area contributed by atoms with Crippen LogP contribution in [0.4, 0.5) is 26.3 Å². The standard InChI is InChI=1S/C15H24F6O2/c1-9(2)7-8-13(6,12(3,4)5)11(22)23-10(14(16,17)18)15(19,20)21/h9-10H,7-8H2,1-6H3. The number of rotatable bonds is 5. The summed E-state index contributed by atoms with van der Waals surface area (Å²) in [6.07, 6.45) is -14.9. The van der Waals surface area contributed by atoms with Crippen LogP contribution >= 0.6 is 0 Å². The molecule has 0 aromatic carbocycles. The maximum atomic E-state index is 12.6. The van der Waals surface area contributed by atoms with E-state index in [-0.39, 0.29) is 12.3 Å². The fourth-order valence-corrected chi connectivity index (χ4v) is 1.92. The molecule has 0 aliphatic carbocycles. The third-order valence-corrected chi connectivity index (χ3v) is 4.15. The Morgan fingerprint density at radius 1 is 0.913 bits per heavy atom. The highest BCUT2D eigenvalue weighted by Gasteiger charge is 2.61. The summed E-state index contributed by atoms with van der Waals surface area (Å²) in [6.45, 7) is 9.81. The van der Waals surface area contributed by atoms with Crippen molar-refractivity contribution in [3.63, 3.8) is 0 Å². The molecule has 0 radical (unpaired) electrons. The molecule has 0 aromatic rings. The summed E-state index contributed by atoms with van der Waals surface area (Å²) in [5, 5.41) is 0. The van der Waals surface area contributed by atoms with Gasteiger partial charge < -0.3 is 4.74 Å². The Balaban J connectivity index is 5.55. The topological polar surface area (TPSA) is 26.3 Å². The minimum absolute atomic E-state index is 0.134. The van der Waals surface area contributed by atoms with E-state index in [0.29, 0.717) is 6.42 Å². The van der Waals surface area contributed by atoms with Crippen LogP contribution in [0, 0.1) is 16.7 Å². The third kappa shape index (κ3) is 5.88. The van der Waals surface area contributed by atoms with Gasteiger partial charge in [-0.1, -0.05) is 34.6 Å². The van der Waals surface area contributed by atoms with Crippen molar-refractivity contribution in [1.82, 2.24) is 0 Å². The number of hydrogen-bond donors (Lipinski definition) is 0. The number of carbonyl (C=O) groups excluding carboxylic acids is 1. The van der Waals surface area contributed by atoms with Crippen molar-refractivity contribution in [2.75, 3.05) is 0 Å². The van der Waals surface area contributed by atoms with Crippen LogP contribution in [0.3, 0.4) is 0 Å². The van der Waals surface area contributed by atoms with E-state index >= 15 is 0 Å². The van der Waals surface area contributed by atoms with E-state index in [1.54, 1.807) is 20.8 Å². The molecule has 0 saturated heterocycles. The van der Waals surface area contributed by atoms with Gasteiger partial charge in [0.25, 0.3) is 6.10 Å². The third-order valence-electron chi connectivity index (χ3n) is 4.15. The van der Waals surface area contributed by atoms with Gasteiger partial charge in [-0.3, -0.25) is 4.79 Å². The van der Waals surface area contributed by atoms with E-state index in [1.165, 1.54) is 6.92 Å². The molecule has 0 aliphatic rings. The largest absolute Gasteiger partial charge is 0.442 e. The second-order valence-electron chi connectivity index (χ2n) is 7.38. The lowest BCUT2D eigenvalue weighted by Crippen LogP contribution is -2.50. The predicted octanol–water partition coefficient (Wildman–Crippen LogP) is 5.51. The molecular formula is C15H24F6O2. The van der Waals surface area contributed by atoms with Crippen LogP contribution in [-0.2, 0) is 9.53 Å². The summed E-state index contributed by atoms with van der Waals surface area (Å²) in [4.78, 5) is 12.2. The van der Waals surface area contributed by atoms with E-state index in [2.05, 4.69) is 4.74 Å². The van der Waals surface area contributed by atoms with Gasteiger partial charge in [0.05, 0.1) is 5.41 Å². The molecule has 1 atom stereocenters. The van der Waals surface area contributed by atoms with Crippen molar-refractivity contribution < 1.29 is 35.9 Å². The predicted molar refractivity (Wildman–Crippen MR) is 73.6 cm³/mol. The van der Waals surface area contributed by atoms with E-state index in [1.807, 2.05) is 13.8 Å². The molecular weight excluding hydrogens is 326 g/mol. The van der Waals surface area contributed by atoms with Crippen LogP contribution in [0.15, 0.2) is 0 Å². The van der Waals surface area contributed by atoms with Crippen molar-refractivity contribution in [3.8, 4) is 0 Å². The van der Waals surface area contributed by atoms with E-state index in [4.69, 9.17) is 0 Å². The zero-order valence-electron chi connectivity index (χ0n) is 14.2. The second kappa shape index (κ2) is 6.89. The Hall–Kier alpha value is -0.950. The van der Waals surface area contributed by atoms with Crippen LogP contribution in [0.25, 0.3) is 0 Å². The number of carbonyl (C=O) groups is 1. The van der Waals surface area contributed by atoms with Crippen molar-refractivity contribution in [2.24, 2.45) is 16.7 Å². The molecule has 0 spiro atoms. The van der Waals surface area contributed by atoms with E-state index in [9.17, 15) is 31.1 Å². The van der Waals surface area contributed by atoms with Crippen molar-refractivity contribution in [3.05, 3.63) is 0 Å². The fraction of sp³-hybridized carbons (Fsp3) is 0.933. The molecule has 8 heteroatoms. The number of halogens is 6. The molecule has 0 N–H and O–H groups in total. The molecule has 0 fully saturated rings. The van der Waals surface area contributed by atoms with Crippen LogP contribution in [0.1, 0.15) is 54.4 Å². The fourth-order valence-electron chi connectivity index (χ4n) is 1.92. The molecule has 1 unspecified atom stereocenters. The van der Waals surface area contributed by atoms with E-state index < -0.39 is 35.3 Å². The second-order valence-corrected chi connectivity index (χ2v) is 7.38. The maximum absolute atomic E-state index is 12.6. The minimum atomic E-state index is -5.70. The SMILES string of the molecule is CC(C)CCC(C)(C(=O)OC(C(F)(F)F)C(F)(F)F)C(C)(C)C. The Morgan fingerprint density at radius 2 is 1.30 bits per heavy atom. The van der Waals surface area contributed by atoms with Crippen molar-refractivity contribution in [1.29, 1.82) is 0 Å². The number of ether oxygens (including phenoxy) is 1. The van der Waals surface area contributed by atoms with Crippen molar-refractivity contribution in [2.45, 2.75) is 72.8 Å². The molecule has 0 rings (SSSR count). The summed E-state index contributed by atoms with van der Waals surface area (Å²) >= 11 is 0. The molecule has 0 heterocycles. The van der Waals surface area contributed by atoms with Gasteiger partial charge in [-0.2, -0.15) is 26.3 Å². The summed E-state index contributed by atoms with van der Waals surface area (Å²) in [7, 11) is 0. The van der Waals surface area contributed by atoms with Gasteiger partial charge in [0.1, 0.15) is 0 Å². The average molecular weight is 350 g/mol. The minimum Gasteiger partial charge on any atom is -0.442 e. The first kappa shape index (κ1) is 22.1. The number of esters is 1. The quantitative estimate of drug-likeness (QED) is 0.483. The summed E-state index contributed by atoms with van der Waals surface area (Å²) in [6, 6.07) is 0. The van der Waals surface area contributed by atoms with Gasteiger partial charge >= 0.3 is 18.3 Å². The van der Waals surface area contributed by atoms with Crippen LogP contribution in [0.5, 0.6) is 0 Å². The highest BCUT2D eigenvalue weighted by Crippen LogP contribution is 2.46. The first-order valence-electron chi connectivity index (χ1n) is 7.27. The molecule has 0 amide bonds. The first-order chi connectivity index (χ1) is 9.93. The summed E-state index contributed by atoms with van der Waals surface area (Å²) in [5.74, 6) is -1.34. The van der Waals surface area contributed by atoms with Crippen LogP contribution in [-0.4, -0.2) is 24.4 Å². The van der Waals surface area contributed by atoms with Gasteiger partial charge in [-0.15, -0.1) is 0 Å². The average Bonchev–Trinajstić information content (AvgIpc) is 2.27. The molecule has 0 aliphatic heterocycles. The first-order valence-corrected chi connectivity index (χ1v) is 7.27. The highest BCUT2D eigenvalue weighted by molar-refractivity contribution is 5.77. The smallest absolute Gasteiger partial charge is 0.434 e. The lowest BCUT2D eigenvalue weighted by atomic mass is 9.65. The van der Waals surface area contributed by atoms with Crippen LogP contribution in [0.2, 0.25) is 0 Å². The summed E-state index contributed by atoms with van der Waals surface area (Å²) in [5.41, 5.74) is -2.33. The maximum Gasteiger partial charge on any atom is 0.434 e. The van der Waals surface area contributed by atoms with Gasteiger partial charge in [0, 0.05) is 0 Å².